The van der Waals surface area contributed by atoms with Gasteiger partial charge in [0.05, 0.1) is 17.4 Å². The number of pyridine rings is 1. The molecule has 2 aromatic rings. The summed E-state index contributed by atoms with van der Waals surface area (Å²) in [7, 11) is -1.10. The van der Waals surface area contributed by atoms with E-state index in [1.165, 1.54) is 0 Å². The lowest BCUT2D eigenvalue weighted by Gasteiger charge is -2.27. The molecule has 0 atom stereocenters. The van der Waals surface area contributed by atoms with E-state index in [1.807, 2.05) is 16.8 Å². The van der Waals surface area contributed by atoms with Gasteiger partial charge in [-0.05, 0) is 37.8 Å². The lowest BCUT2D eigenvalue weighted by atomic mass is 9.92. The molecular formula is C20H30N4O2Si. The largest absolute Gasteiger partial charge is 0.393 e. The molecular weight excluding hydrogens is 356 g/mol. The summed E-state index contributed by atoms with van der Waals surface area (Å²) in [4.78, 5) is 4.49. The highest BCUT2D eigenvalue weighted by atomic mass is 28.3. The van der Waals surface area contributed by atoms with Crippen molar-refractivity contribution in [2.75, 3.05) is 11.9 Å². The van der Waals surface area contributed by atoms with Crippen molar-refractivity contribution in [3.63, 3.8) is 0 Å². The Morgan fingerprint density at radius 3 is 2.74 bits per heavy atom. The quantitative estimate of drug-likeness (QED) is 0.556. The Labute approximate surface area is 162 Å². The number of rotatable bonds is 7. The van der Waals surface area contributed by atoms with E-state index in [4.69, 9.17) is 4.74 Å². The van der Waals surface area contributed by atoms with Crippen LogP contribution in [0.15, 0.2) is 18.5 Å². The Morgan fingerprint density at radius 1 is 1.33 bits per heavy atom. The number of nitrogens with zero attached hydrogens (tertiary/aromatic N) is 3. The molecule has 1 fully saturated rings. The monoisotopic (exact) mass is 386 g/mol. The Kier molecular flexibility index (Phi) is 6.20. The third-order valence-electron chi connectivity index (χ3n) is 5.18. The number of fused-ring (bicyclic) bond motifs is 1. The highest BCUT2D eigenvalue weighted by molar-refractivity contribution is 6.76. The van der Waals surface area contributed by atoms with Gasteiger partial charge in [-0.2, -0.15) is 5.26 Å². The SMILES string of the molecule is C[Si](C)(C)CCOCn1ccc2c(NC3CCC(O)CC3)c(C#N)cnc21. The third-order valence-corrected chi connectivity index (χ3v) is 6.89. The number of hydrogen-bond donors (Lipinski definition) is 2. The molecule has 0 aliphatic heterocycles. The van der Waals surface area contributed by atoms with Crippen LogP contribution in [0.5, 0.6) is 0 Å². The van der Waals surface area contributed by atoms with Gasteiger partial charge in [-0.25, -0.2) is 4.98 Å². The average molecular weight is 387 g/mol. The van der Waals surface area contributed by atoms with Crippen molar-refractivity contribution >= 4 is 24.8 Å². The van der Waals surface area contributed by atoms with E-state index in [2.05, 4.69) is 36.0 Å². The Bertz CT molecular complexity index is 814. The fourth-order valence-electron chi connectivity index (χ4n) is 3.45. The topological polar surface area (TPSA) is 83.1 Å². The number of ether oxygens (including phenoxy) is 1. The molecule has 6 nitrogen and oxygen atoms in total. The first-order chi connectivity index (χ1) is 12.9. The first-order valence-corrected chi connectivity index (χ1v) is 13.5. The second-order valence-corrected chi connectivity index (χ2v) is 14.3. The number of aliphatic hydroxyl groups excluding tert-OH is 1. The maximum Gasteiger partial charge on any atom is 0.143 e. The maximum atomic E-state index is 9.72. The molecule has 2 heterocycles. The van der Waals surface area contributed by atoms with Gasteiger partial charge in [0.1, 0.15) is 18.4 Å². The molecule has 146 valence electrons. The van der Waals surface area contributed by atoms with Crippen LogP contribution in [-0.4, -0.2) is 41.5 Å². The molecule has 27 heavy (non-hydrogen) atoms. The molecule has 0 spiro atoms. The molecule has 2 N–H and O–H groups in total. The van der Waals surface area contributed by atoms with Gasteiger partial charge in [0.25, 0.3) is 0 Å². The first-order valence-electron chi connectivity index (χ1n) is 9.77. The van der Waals surface area contributed by atoms with Crippen molar-refractivity contribution in [3.8, 4) is 6.07 Å². The van der Waals surface area contributed by atoms with Crippen molar-refractivity contribution in [1.29, 1.82) is 5.26 Å². The summed E-state index contributed by atoms with van der Waals surface area (Å²) in [6.45, 7) is 8.26. The molecule has 0 aromatic carbocycles. The summed E-state index contributed by atoms with van der Waals surface area (Å²) in [6.07, 6.45) is 6.86. The number of aromatic nitrogens is 2. The second-order valence-electron chi connectivity index (χ2n) is 8.68. The van der Waals surface area contributed by atoms with Crippen molar-refractivity contribution < 1.29 is 9.84 Å². The van der Waals surface area contributed by atoms with Gasteiger partial charge in [-0.1, -0.05) is 19.6 Å². The predicted molar refractivity (Wildman–Crippen MR) is 110 cm³/mol. The number of aliphatic hydroxyl groups is 1. The minimum atomic E-state index is -1.10. The molecule has 7 heteroatoms. The van der Waals surface area contributed by atoms with E-state index in [0.717, 1.165) is 55.1 Å². The average Bonchev–Trinajstić information content (AvgIpc) is 3.03. The van der Waals surface area contributed by atoms with Crippen LogP contribution in [0.1, 0.15) is 31.2 Å². The zero-order valence-electron chi connectivity index (χ0n) is 16.5. The number of anilines is 1. The number of nitrogens with one attached hydrogen (secondary N) is 1. The number of nitriles is 1. The Balaban J connectivity index is 1.75. The van der Waals surface area contributed by atoms with Crippen LogP contribution in [0.2, 0.25) is 25.7 Å². The molecule has 2 aromatic heterocycles. The van der Waals surface area contributed by atoms with E-state index in [-0.39, 0.29) is 12.1 Å². The van der Waals surface area contributed by atoms with Crippen molar-refractivity contribution in [1.82, 2.24) is 9.55 Å². The summed E-state index contributed by atoms with van der Waals surface area (Å²) in [6, 6.07) is 5.68. The van der Waals surface area contributed by atoms with Crippen molar-refractivity contribution in [3.05, 3.63) is 24.0 Å². The number of hydrogen-bond acceptors (Lipinski definition) is 5. The van der Waals surface area contributed by atoms with Crippen LogP contribution in [0.25, 0.3) is 11.0 Å². The zero-order valence-corrected chi connectivity index (χ0v) is 17.5. The minimum Gasteiger partial charge on any atom is -0.393 e. The highest BCUT2D eigenvalue weighted by Crippen LogP contribution is 2.30. The van der Waals surface area contributed by atoms with Gasteiger partial charge in [0.15, 0.2) is 0 Å². The third kappa shape index (κ3) is 5.10. The fraction of sp³-hybridized carbons (Fsp3) is 0.600. The normalized spacial score (nSPS) is 20.6. The van der Waals surface area contributed by atoms with Gasteiger partial charge in [-0.15, -0.1) is 0 Å². The van der Waals surface area contributed by atoms with Crippen LogP contribution >= 0.6 is 0 Å². The molecule has 0 bridgehead atoms. The van der Waals surface area contributed by atoms with Gasteiger partial charge >= 0.3 is 0 Å². The lowest BCUT2D eigenvalue weighted by Crippen LogP contribution is -2.28. The van der Waals surface area contributed by atoms with Crippen LogP contribution in [0, 0.1) is 11.3 Å². The second kappa shape index (κ2) is 8.42. The van der Waals surface area contributed by atoms with Crippen LogP contribution in [0.4, 0.5) is 5.69 Å². The van der Waals surface area contributed by atoms with Gasteiger partial charge in [0.2, 0.25) is 0 Å². The molecule has 1 aliphatic rings. The molecule has 0 saturated heterocycles. The summed E-state index contributed by atoms with van der Waals surface area (Å²) in [5.74, 6) is 0. The van der Waals surface area contributed by atoms with Crippen LogP contribution < -0.4 is 5.32 Å². The molecule has 3 rings (SSSR count). The van der Waals surface area contributed by atoms with Gasteiger partial charge in [0, 0.05) is 38.5 Å². The van der Waals surface area contributed by atoms with E-state index in [9.17, 15) is 10.4 Å². The fourth-order valence-corrected chi connectivity index (χ4v) is 4.21. The summed E-state index contributed by atoms with van der Waals surface area (Å²) in [5, 5.41) is 23.7. The van der Waals surface area contributed by atoms with Gasteiger partial charge in [-0.3, -0.25) is 0 Å². The minimum absolute atomic E-state index is 0.190. The maximum absolute atomic E-state index is 9.72. The smallest absolute Gasteiger partial charge is 0.143 e. The Morgan fingerprint density at radius 2 is 2.07 bits per heavy atom. The van der Waals surface area contributed by atoms with Crippen molar-refractivity contribution in [2.24, 2.45) is 0 Å². The zero-order chi connectivity index (χ0) is 19.4. The molecule has 0 radical (unpaired) electrons. The predicted octanol–water partition coefficient (Wildman–Crippen LogP) is 3.94. The molecule has 0 amide bonds. The molecule has 1 saturated carbocycles. The van der Waals surface area contributed by atoms with Gasteiger partial charge < -0.3 is 19.7 Å². The first kappa shape index (κ1) is 19.9. The van der Waals surface area contributed by atoms with E-state index >= 15 is 0 Å². The standard InChI is InChI=1S/C20H30N4O2Si/c1-27(2,3)11-10-26-14-24-9-8-18-19(15(12-21)13-22-20(18)24)23-16-4-6-17(25)7-5-16/h8-9,13,16-17,25H,4-7,10-11,14H2,1-3H3,(H,22,23). The van der Waals surface area contributed by atoms with E-state index < -0.39 is 8.07 Å². The molecule has 1 aliphatic carbocycles. The van der Waals surface area contributed by atoms with Crippen molar-refractivity contribution in [2.45, 2.75) is 70.2 Å². The lowest BCUT2D eigenvalue weighted by molar-refractivity contribution is 0.0899. The van der Waals surface area contributed by atoms with Crippen LogP contribution in [-0.2, 0) is 11.5 Å². The van der Waals surface area contributed by atoms with E-state index in [0.29, 0.717) is 12.3 Å². The Hall–Kier alpha value is -1.88. The van der Waals surface area contributed by atoms with E-state index in [1.54, 1.807) is 6.20 Å². The highest BCUT2D eigenvalue weighted by Gasteiger charge is 2.22. The molecule has 0 unspecified atom stereocenters. The van der Waals surface area contributed by atoms with Crippen LogP contribution in [0.3, 0.4) is 0 Å². The summed E-state index contributed by atoms with van der Waals surface area (Å²) >= 11 is 0. The summed E-state index contributed by atoms with van der Waals surface area (Å²) in [5.41, 5.74) is 2.25. The summed E-state index contributed by atoms with van der Waals surface area (Å²) < 4.78 is 7.86.